The van der Waals surface area contributed by atoms with Crippen LogP contribution in [0.3, 0.4) is 0 Å². The lowest BCUT2D eigenvalue weighted by Gasteiger charge is -2.21. The number of hydrogen-bond donors (Lipinski definition) is 3. The van der Waals surface area contributed by atoms with Gasteiger partial charge in [-0.05, 0) is 54.2 Å². The molecule has 2 amide bonds. The van der Waals surface area contributed by atoms with Gasteiger partial charge in [-0.3, -0.25) is 19.8 Å². The van der Waals surface area contributed by atoms with E-state index in [2.05, 4.69) is 10.1 Å². The molecule has 0 radical (unpaired) electrons. The number of nitrogens with zero attached hydrogens (tertiary/aromatic N) is 2. The number of pyridine rings is 1. The normalized spacial score (nSPS) is 23.3. The zero-order chi connectivity index (χ0) is 20.4. The maximum Gasteiger partial charge on any atom is 0.248 e. The van der Waals surface area contributed by atoms with Crippen LogP contribution in [0.25, 0.3) is 0 Å². The number of hydroxylamine groups is 1. The van der Waals surface area contributed by atoms with Crippen molar-refractivity contribution in [3.63, 3.8) is 0 Å². The summed E-state index contributed by atoms with van der Waals surface area (Å²) in [6.07, 6.45) is 4.22. The molecular formula is C21H22N4O4. The number of oxime groups is 1. The summed E-state index contributed by atoms with van der Waals surface area (Å²) < 4.78 is 0. The largest absolute Gasteiger partial charge is 0.385 e. The third-order valence-electron chi connectivity index (χ3n) is 5.70. The monoisotopic (exact) mass is 394 g/mol. The summed E-state index contributed by atoms with van der Waals surface area (Å²) in [7, 11) is 0. The Kier molecular flexibility index (Phi) is 5.26. The molecule has 3 unspecified atom stereocenters. The molecule has 4 N–H and O–H groups in total. The van der Waals surface area contributed by atoms with Crippen LogP contribution in [0.15, 0.2) is 47.8 Å². The highest BCUT2D eigenvalue weighted by Gasteiger charge is 2.36. The molecule has 1 fully saturated rings. The van der Waals surface area contributed by atoms with Crippen LogP contribution in [0.5, 0.6) is 0 Å². The Labute approximate surface area is 167 Å². The summed E-state index contributed by atoms with van der Waals surface area (Å²) in [6, 6.07) is 11.0. The van der Waals surface area contributed by atoms with Crippen molar-refractivity contribution >= 4 is 17.5 Å². The van der Waals surface area contributed by atoms with Crippen LogP contribution >= 0.6 is 0 Å². The summed E-state index contributed by atoms with van der Waals surface area (Å²) in [4.78, 5) is 34.0. The van der Waals surface area contributed by atoms with Crippen molar-refractivity contribution in [2.45, 2.75) is 37.7 Å². The Balaban J connectivity index is 1.64. The molecule has 0 bridgehead atoms. The van der Waals surface area contributed by atoms with Gasteiger partial charge in [0.15, 0.2) is 6.10 Å². The molecule has 29 heavy (non-hydrogen) atoms. The van der Waals surface area contributed by atoms with Crippen molar-refractivity contribution < 1.29 is 19.6 Å². The summed E-state index contributed by atoms with van der Waals surface area (Å²) in [5, 5.41) is 13.3. The molecule has 150 valence electrons. The summed E-state index contributed by atoms with van der Waals surface area (Å²) >= 11 is 0. The van der Waals surface area contributed by atoms with E-state index in [1.54, 1.807) is 23.8 Å². The predicted octanol–water partition coefficient (Wildman–Crippen LogP) is 2.44. The van der Waals surface area contributed by atoms with E-state index in [9.17, 15) is 9.59 Å². The highest BCUT2D eigenvalue weighted by molar-refractivity contribution is 6.03. The minimum atomic E-state index is -0.544. The van der Waals surface area contributed by atoms with E-state index in [4.69, 9.17) is 15.8 Å². The van der Waals surface area contributed by atoms with Gasteiger partial charge in [0.05, 0.1) is 11.4 Å². The second kappa shape index (κ2) is 8.00. The van der Waals surface area contributed by atoms with E-state index in [0.717, 1.165) is 29.8 Å². The average molecular weight is 394 g/mol. The van der Waals surface area contributed by atoms with Crippen LogP contribution < -0.4 is 11.2 Å². The SMILES string of the molecule is NC(=O)c1ccc(C2=NOC(c3ccccn3)C2)cc1C1CCCC1C(=O)NO. The Hall–Kier alpha value is -3.26. The summed E-state index contributed by atoms with van der Waals surface area (Å²) in [5.74, 6) is -1.59. The minimum Gasteiger partial charge on any atom is -0.385 e. The van der Waals surface area contributed by atoms with E-state index in [1.807, 2.05) is 24.3 Å². The zero-order valence-corrected chi connectivity index (χ0v) is 15.7. The van der Waals surface area contributed by atoms with Gasteiger partial charge in [0.2, 0.25) is 11.8 Å². The Morgan fingerprint density at radius 2 is 2.07 bits per heavy atom. The van der Waals surface area contributed by atoms with Gasteiger partial charge in [-0.1, -0.05) is 23.7 Å². The molecule has 2 aromatic rings. The van der Waals surface area contributed by atoms with Gasteiger partial charge in [0.1, 0.15) is 0 Å². The molecule has 0 saturated heterocycles. The molecule has 2 heterocycles. The number of hydrogen-bond acceptors (Lipinski definition) is 6. The van der Waals surface area contributed by atoms with E-state index in [0.29, 0.717) is 24.0 Å². The van der Waals surface area contributed by atoms with Gasteiger partial charge in [0.25, 0.3) is 0 Å². The standard InChI is InChI=1S/C21H22N4O4/c22-20(26)14-8-7-12(10-16(14)13-4-3-5-15(13)21(27)24-28)18-11-19(29-25-18)17-6-1-2-9-23-17/h1-2,6-10,13,15,19,28H,3-5,11H2,(H2,22,26)(H,24,27). The first kappa shape index (κ1) is 19.1. The molecule has 1 saturated carbocycles. The number of carbonyl (C=O) groups is 2. The number of primary amides is 1. The van der Waals surface area contributed by atoms with Gasteiger partial charge < -0.3 is 10.6 Å². The topological polar surface area (TPSA) is 127 Å². The number of carbonyl (C=O) groups excluding carboxylic acids is 2. The van der Waals surface area contributed by atoms with Crippen LogP contribution in [0.1, 0.15) is 64.9 Å². The first-order valence-electron chi connectivity index (χ1n) is 9.60. The highest BCUT2D eigenvalue weighted by atomic mass is 16.6. The average Bonchev–Trinajstić information content (AvgIpc) is 3.43. The molecule has 4 rings (SSSR count). The zero-order valence-electron chi connectivity index (χ0n) is 15.7. The molecule has 1 aromatic heterocycles. The molecule has 8 nitrogen and oxygen atoms in total. The Morgan fingerprint density at radius 3 is 2.79 bits per heavy atom. The lowest BCUT2D eigenvalue weighted by atomic mass is 9.83. The number of aromatic nitrogens is 1. The highest BCUT2D eigenvalue weighted by Crippen LogP contribution is 2.42. The van der Waals surface area contributed by atoms with Crippen LogP contribution in [-0.2, 0) is 9.63 Å². The van der Waals surface area contributed by atoms with Crippen LogP contribution in [-0.4, -0.2) is 27.7 Å². The summed E-state index contributed by atoms with van der Waals surface area (Å²) in [5.41, 5.74) is 10.8. The molecule has 8 heteroatoms. The summed E-state index contributed by atoms with van der Waals surface area (Å²) in [6.45, 7) is 0. The number of amides is 2. The second-order valence-corrected chi connectivity index (χ2v) is 7.38. The third-order valence-corrected chi connectivity index (χ3v) is 5.70. The fourth-order valence-corrected chi connectivity index (χ4v) is 4.28. The maximum atomic E-state index is 12.1. The Bertz CT molecular complexity index is 960. The van der Waals surface area contributed by atoms with Crippen molar-refractivity contribution in [2.75, 3.05) is 0 Å². The second-order valence-electron chi connectivity index (χ2n) is 7.38. The molecule has 3 atom stereocenters. The first-order chi connectivity index (χ1) is 14.1. The van der Waals surface area contributed by atoms with Gasteiger partial charge in [-0.2, -0.15) is 0 Å². The van der Waals surface area contributed by atoms with Crippen LogP contribution in [0.2, 0.25) is 0 Å². The molecule has 1 aliphatic carbocycles. The van der Waals surface area contributed by atoms with E-state index >= 15 is 0 Å². The molecular weight excluding hydrogens is 372 g/mol. The van der Waals surface area contributed by atoms with Gasteiger partial charge >= 0.3 is 0 Å². The van der Waals surface area contributed by atoms with E-state index in [1.165, 1.54) is 0 Å². The van der Waals surface area contributed by atoms with E-state index < -0.39 is 17.7 Å². The first-order valence-corrected chi connectivity index (χ1v) is 9.60. The number of nitrogens with two attached hydrogens (primary N) is 1. The lowest BCUT2D eigenvalue weighted by molar-refractivity contribution is -0.133. The maximum absolute atomic E-state index is 12.1. The van der Waals surface area contributed by atoms with Crippen LogP contribution in [0.4, 0.5) is 0 Å². The number of rotatable bonds is 5. The van der Waals surface area contributed by atoms with Crippen molar-refractivity contribution in [1.29, 1.82) is 0 Å². The Morgan fingerprint density at radius 1 is 1.21 bits per heavy atom. The third kappa shape index (κ3) is 3.71. The smallest absolute Gasteiger partial charge is 0.248 e. The molecule has 2 aliphatic rings. The number of nitrogens with one attached hydrogen (secondary N) is 1. The number of benzene rings is 1. The van der Waals surface area contributed by atoms with Crippen molar-refractivity contribution in [3.8, 4) is 0 Å². The van der Waals surface area contributed by atoms with Crippen molar-refractivity contribution in [2.24, 2.45) is 16.8 Å². The van der Waals surface area contributed by atoms with Gasteiger partial charge in [-0.25, -0.2) is 5.48 Å². The van der Waals surface area contributed by atoms with E-state index in [-0.39, 0.29) is 12.0 Å². The predicted molar refractivity (Wildman–Crippen MR) is 104 cm³/mol. The van der Waals surface area contributed by atoms with Crippen molar-refractivity contribution in [1.82, 2.24) is 10.5 Å². The van der Waals surface area contributed by atoms with Gasteiger partial charge in [-0.15, -0.1) is 0 Å². The fraction of sp³-hybridized carbons (Fsp3) is 0.333. The lowest BCUT2D eigenvalue weighted by Crippen LogP contribution is -2.30. The molecule has 1 aliphatic heterocycles. The van der Waals surface area contributed by atoms with Crippen LogP contribution in [0, 0.1) is 5.92 Å². The quantitative estimate of drug-likeness (QED) is 0.530. The minimum absolute atomic E-state index is 0.195. The molecule has 0 spiro atoms. The fourth-order valence-electron chi connectivity index (χ4n) is 4.28. The molecule has 1 aromatic carbocycles. The van der Waals surface area contributed by atoms with Gasteiger partial charge in [0, 0.05) is 24.1 Å². The van der Waals surface area contributed by atoms with Crippen molar-refractivity contribution in [3.05, 3.63) is 65.0 Å².